The van der Waals surface area contributed by atoms with Gasteiger partial charge in [0.05, 0.1) is 18.7 Å². The van der Waals surface area contributed by atoms with Crippen molar-refractivity contribution in [3.05, 3.63) is 47.7 Å². The van der Waals surface area contributed by atoms with Gasteiger partial charge in [-0.1, -0.05) is 46.4 Å². The molecule has 0 aromatic carbocycles. The molecule has 1 aromatic heterocycles. The second-order valence-corrected chi connectivity index (χ2v) is 9.38. The molecule has 3 rings (SSSR count). The number of hydrogen-bond donors (Lipinski definition) is 2. The molecule has 9 heteroatoms. The minimum atomic E-state index is -0.128. The summed E-state index contributed by atoms with van der Waals surface area (Å²) in [5, 5.41) is 5.68. The third kappa shape index (κ3) is 5.66. The van der Waals surface area contributed by atoms with Crippen molar-refractivity contribution in [2.75, 3.05) is 26.7 Å². The van der Waals surface area contributed by atoms with Gasteiger partial charge >= 0.3 is 0 Å². The monoisotopic (exact) mass is 494 g/mol. The first-order valence-electron chi connectivity index (χ1n) is 12.7. The summed E-state index contributed by atoms with van der Waals surface area (Å²) >= 11 is 0. The van der Waals surface area contributed by atoms with E-state index in [9.17, 15) is 14.4 Å². The number of nitrogens with zero attached hydrogens (tertiary/aromatic N) is 4. The summed E-state index contributed by atoms with van der Waals surface area (Å²) < 4.78 is 1.84. The maximum absolute atomic E-state index is 13.8. The molecular weight excluding hydrogens is 456 g/mol. The molecule has 0 spiro atoms. The molecule has 2 amide bonds. The fraction of sp³-hybridized carbons (Fsp3) is 0.519. The maximum Gasteiger partial charge on any atom is 0.239 e. The molecule has 2 aliphatic heterocycles. The minimum absolute atomic E-state index is 0.0149. The largest absolute Gasteiger partial charge is 0.353 e. The molecule has 36 heavy (non-hydrogen) atoms. The van der Waals surface area contributed by atoms with E-state index in [0.717, 1.165) is 36.2 Å². The first-order valence-corrected chi connectivity index (χ1v) is 12.7. The molecule has 1 aromatic rings. The fourth-order valence-electron chi connectivity index (χ4n) is 4.88. The highest BCUT2D eigenvalue weighted by atomic mass is 16.2. The molecule has 2 saturated heterocycles. The summed E-state index contributed by atoms with van der Waals surface area (Å²) in [6.45, 7) is 15.4. The number of hydrogen-bond acceptors (Lipinski definition) is 5. The number of carbonyl (C=O) groups is 3. The van der Waals surface area contributed by atoms with Crippen LogP contribution >= 0.6 is 0 Å². The molecule has 0 saturated carbocycles. The number of rotatable bonds is 10. The zero-order valence-corrected chi connectivity index (χ0v) is 21.9. The van der Waals surface area contributed by atoms with Crippen LogP contribution in [0.3, 0.4) is 0 Å². The zero-order valence-electron chi connectivity index (χ0n) is 21.9. The Morgan fingerprint density at radius 2 is 2.03 bits per heavy atom. The Hall–Kier alpha value is -3.49. The van der Waals surface area contributed by atoms with Crippen LogP contribution in [0.15, 0.2) is 35.5 Å². The molecule has 2 aliphatic rings. The first-order chi connectivity index (χ1) is 17.2. The van der Waals surface area contributed by atoms with Gasteiger partial charge in [-0.3, -0.25) is 19.4 Å². The summed E-state index contributed by atoms with van der Waals surface area (Å²) in [6, 6.07) is 0. The fourth-order valence-corrected chi connectivity index (χ4v) is 4.88. The van der Waals surface area contributed by atoms with Crippen LogP contribution in [-0.2, 0) is 9.59 Å². The molecule has 2 N–H and O–H groups in total. The Labute approximate surface area is 213 Å². The number of Topliss-reactive ketones (excluding diaryl/α,β-unsaturated/α-hetero) is 1. The van der Waals surface area contributed by atoms with Gasteiger partial charge in [-0.05, 0) is 24.8 Å². The standard InChI is InChI=1S/C27H38N6O3/c1-7-10-19(8-2)25(36)23-24(17(4)11-12-20-18(5)15-21(34)30-20)33(9-3)27(31-23)26(28-6)32-14-13-29-22(35)16-32/h9,12,17,19H,3,5,7-8,10-11,13-16H2,1-2,4,6H3,(H,29,35)(H,30,34)/b20-12+,28-26+. The topological polar surface area (TPSA) is 109 Å². The number of nitrogens with one attached hydrogen (secondary N) is 2. The number of imidazole rings is 1. The Bertz CT molecular complexity index is 1110. The summed E-state index contributed by atoms with van der Waals surface area (Å²) in [7, 11) is 1.67. The van der Waals surface area contributed by atoms with Crippen molar-refractivity contribution in [2.45, 2.75) is 58.8 Å². The Balaban J connectivity index is 2.08. The highest BCUT2D eigenvalue weighted by Gasteiger charge is 2.32. The van der Waals surface area contributed by atoms with Crippen molar-refractivity contribution in [1.82, 2.24) is 25.1 Å². The highest BCUT2D eigenvalue weighted by Crippen LogP contribution is 2.31. The van der Waals surface area contributed by atoms with Crippen molar-refractivity contribution in [3.63, 3.8) is 0 Å². The van der Waals surface area contributed by atoms with Gasteiger partial charge < -0.3 is 20.1 Å². The van der Waals surface area contributed by atoms with Gasteiger partial charge in [-0.25, -0.2) is 4.98 Å². The molecule has 0 aliphatic carbocycles. The van der Waals surface area contributed by atoms with E-state index < -0.39 is 0 Å². The van der Waals surface area contributed by atoms with Crippen LogP contribution in [0.5, 0.6) is 0 Å². The molecule has 9 nitrogen and oxygen atoms in total. The lowest BCUT2D eigenvalue weighted by Gasteiger charge is -2.29. The Morgan fingerprint density at radius 3 is 2.58 bits per heavy atom. The Morgan fingerprint density at radius 1 is 1.28 bits per heavy atom. The lowest BCUT2D eigenvalue weighted by molar-refractivity contribution is -0.123. The number of aliphatic imine (C=N–C) groups is 1. The zero-order chi connectivity index (χ0) is 26.4. The predicted octanol–water partition coefficient (Wildman–Crippen LogP) is 3.25. The molecular formula is C27H38N6O3. The third-order valence-electron chi connectivity index (χ3n) is 6.79. The van der Waals surface area contributed by atoms with Crippen LogP contribution in [0.1, 0.15) is 80.8 Å². The summed E-state index contributed by atoms with van der Waals surface area (Å²) in [4.78, 5) is 48.8. The first kappa shape index (κ1) is 27.1. The number of carbonyl (C=O) groups excluding carboxylic acids is 3. The van der Waals surface area contributed by atoms with Crippen LogP contribution in [0.2, 0.25) is 0 Å². The second kappa shape index (κ2) is 12.0. The summed E-state index contributed by atoms with van der Waals surface area (Å²) in [5.74, 6) is 0.693. The normalized spacial score (nSPS) is 19.3. The lowest BCUT2D eigenvalue weighted by Crippen LogP contribution is -2.50. The van der Waals surface area contributed by atoms with E-state index in [2.05, 4.69) is 35.7 Å². The minimum Gasteiger partial charge on any atom is -0.353 e. The average Bonchev–Trinajstić information content (AvgIpc) is 3.40. The van der Waals surface area contributed by atoms with Crippen LogP contribution < -0.4 is 10.6 Å². The van der Waals surface area contributed by atoms with Gasteiger partial charge in [0, 0.05) is 43.9 Å². The van der Waals surface area contributed by atoms with E-state index in [1.165, 1.54) is 0 Å². The second-order valence-electron chi connectivity index (χ2n) is 9.38. The quantitative estimate of drug-likeness (QED) is 0.295. The Kier molecular flexibility index (Phi) is 9.01. The van der Waals surface area contributed by atoms with E-state index in [4.69, 9.17) is 4.98 Å². The van der Waals surface area contributed by atoms with Crippen LogP contribution in [0.4, 0.5) is 0 Å². The van der Waals surface area contributed by atoms with Gasteiger partial charge in [-0.2, -0.15) is 0 Å². The average molecular weight is 495 g/mol. The van der Waals surface area contributed by atoms with E-state index in [1.807, 2.05) is 29.4 Å². The van der Waals surface area contributed by atoms with Crippen molar-refractivity contribution in [2.24, 2.45) is 10.9 Å². The van der Waals surface area contributed by atoms with Crippen LogP contribution in [0.25, 0.3) is 6.20 Å². The number of amidine groups is 1. The van der Waals surface area contributed by atoms with Gasteiger partial charge in [-0.15, -0.1) is 0 Å². The van der Waals surface area contributed by atoms with Crippen molar-refractivity contribution in [1.29, 1.82) is 0 Å². The summed E-state index contributed by atoms with van der Waals surface area (Å²) in [6.07, 6.45) is 6.91. The molecule has 2 fully saturated rings. The number of ketones is 1. The number of aromatic nitrogens is 2. The van der Waals surface area contributed by atoms with E-state index in [-0.39, 0.29) is 36.0 Å². The predicted molar refractivity (Wildman–Crippen MR) is 142 cm³/mol. The molecule has 2 atom stereocenters. The van der Waals surface area contributed by atoms with Gasteiger partial charge in [0.25, 0.3) is 0 Å². The number of piperazine rings is 1. The van der Waals surface area contributed by atoms with E-state index >= 15 is 0 Å². The van der Waals surface area contributed by atoms with Crippen LogP contribution in [-0.4, -0.2) is 64.6 Å². The van der Waals surface area contributed by atoms with Gasteiger partial charge in [0.15, 0.2) is 17.4 Å². The number of amides is 2. The van der Waals surface area contributed by atoms with Crippen molar-refractivity contribution in [3.8, 4) is 0 Å². The third-order valence-corrected chi connectivity index (χ3v) is 6.79. The van der Waals surface area contributed by atoms with E-state index in [0.29, 0.717) is 43.3 Å². The molecule has 2 unspecified atom stereocenters. The SMILES string of the molecule is C=Cn1c(/C(=N\C)N2CCNC(=O)C2)nc(C(=O)C(CC)CCC)c1C(C)C/C=C1/NC(=O)CC1=C. The van der Waals surface area contributed by atoms with Crippen molar-refractivity contribution < 1.29 is 14.4 Å². The molecule has 3 heterocycles. The molecule has 0 radical (unpaired) electrons. The smallest absolute Gasteiger partial charge is 0.239 e. The highest BCUT2D eigenvalue weighted by molar-refractivity contribution is 6.03. The van der Waals surface area contributed by atoms with Crippen LogP contribution in [0, 0.1) is 5.92 Å². The van der Waals surface area contributed by atoms with Gasteiger partial charge in [0.2, 0.25) is 11.8 Å². The lowest BCUT2D eigenvalue weighted by atomic mass is 9.90. The molecule has 0 bridgehead atoms. The molecule has 194 valence electrons. The summed E-state index contributed by atoms with van der Waals surface area (Å²) in [5.41, 5.74) is 2.68. The van der Waals surface area contributed by atoms with Gasteiger partial charge in [0.1, 0.15) is 5.69 Å². The maximum atomic E-state index is 13.8. The number of allylic oxidation sites excluding steroid dienone is 2. The van der Waals surface area contributed by atoms with E-state index in [1.54, 1.807) is 13.2 Å². The van der Waals surface area contributed by atoms with Crippen molar-refractivity contribution >= 4 is 29.6 Å².